The van der Waals surface area contributed by atoms with Gasteiger partial charge in [-0.3, -0.25) is 0 Å². The molecule has 0 aliphatic heterocycles. The Morgan fingerprint density at radius 2 is 1.90 bits per heavy atom. The summed E-state index contributed by atoms with van der Waals surface area (Å²) in [6.45, 7) is 0. The van der Waals surface area contributed by atoms with Crippen LogP contribution in [0.3, 0.4) is 0 Å². The van der Waals surface area contributed by atoms with Crippen molar-refractivity contribution < 1.29 is 0 Å². The predicted molar refractivity (Wildman–Crippen MR) is 77.0 cm³/mol. The summed E-state index contributed by atoms with van der Waals surface area (Å²) in [4.78, 5) is 1.44. The molecule has 0 unspecified atom stereocenters. The standard InChI is InChI=1S/C14H8BrN5/c15-12-8-10(9-16)6-7-13(12)20-18-14(17-19-20)11-4-2-1-3-5-11/h1-8H. The summed E-state index contributed by atoms with van der Waals surface area (Å²) in [7, 11) is 0. The van der Waals surface area contributed by atoms with Gasteiger partial charge in [-0.2, -0.15) is 5.26 Å². The number of tetrazole rings is 1. The van der Waals surface area contributed by atoms with Crippen molar-refractivity contribution in [3.8, 4) is 23.1 Å². The van der Waals surface area contributed by atoms with Gasteiger partial charge in [0.2, 0.25) is 5.82 Å². The summed E-state index contributed by atoms with van der Waals surface area (Å²) in [5.74, 6) is 0.557. The van der Waals surface area contributed by atoms with E-state index in [-0.39, 0.29) is 0 Å². The fourth-order valence-electron chi connectivity index (χ4n) is 1.76. The van der Waals surface area contributed by atoms with E-state index in [0.29, 0.717) is 11.4 Å². The Balaban J connectivity index is 2.01. The largest absolute Gasteiger partial charge is 0.205 e. The number of halogens is 1. The minimum Gasteiger partial charge on any atom is -0.192 e. The Hall–Kier alpha value is -2.52. The quantitative estimate of drug-likeness (QED) is 0.726. The maximum Gasteiger partial charge on any atom is 0.205 e. The van der Waals surface area contributed by atoms with Gasteiger partial charge in [0.05, 0.1) is 11.6 Å². The molecule has 2 aromatic carbocycles. The van der Waals surface area contributed by atoms with Crippen LogP contribution in [-0.4, -0.2) is 20.2 Å². The highest BCUT2D eigenvalue weighted by Crippen LogP contribution is 2.22. The molecule has 3 rings (SSSR count). The lowest BCUT2D eigenvalue weighted by Crippen LogP contribution is -2.00. The lowest BCUT2D eigenvalue weighted by molar-refractivity contribution is 0.717. The lowest BCUT2D eigenvalue weighted by Gasteiger charge is -2.01. The Morgan fingerprint density at radius 1 is 1.10 bits per heavy atom. The number of nitriles is 1. The third-order valence-corrected chi connectivity index (χ3v) is 3.37. The van der Waals surface area contributed by atoms with Crippen molar-refractivity contribution in [3.05, 3.63) is 58.6 Å². The van der Waals surface area contributed by atoms with Gasteiger partial charge in [0.1, 0.15) is 5.69 Å². The van der Waals surface area contributed by atoms with Crippen LogP contribution in [-0.2, 0) is 0 Å². The van der Waals surface area contributed by atoms with Crippen LogP contribution < -0.4 is 0 Å². The number of nitrogens with zero attached hydrogens (tertiary/aromatic N) is 5. The Morgan fingerprint density at radius 3 is 2.60 bits per heavy atom. The second-order valence-corrected chi connectivity index (χ2v) is 4.90. The lowest BCUT2D eigenvalue weighted by atomic mass is 10.2. The van der Waals surface area contributed by atoms with Gasteiger partial charge in [-0.05, 0) is 39.3 Å². The van der Waals surface area contributed by atoms with E-state index in [1.807, 2.05) is 30.3 Å². The highest BCUT2D eigenvalue weighted by Gasteiger charge is 2.09. The first-order valence-corrected chi connectivity index (χ1v) is 6.63. The maximum atomic E-state index is 8.86. The zero-order valence-electron chi connectivity index (χ0n) is 10.2. The zero-order valence-corrected chi connectivity index (χ0v) is 11.8. The normalized spacial score (nSPS) is 10.2. The van der Waals surface area contributed by atoms with E-state index in [9.17, 15) is 0 Å². The highest BCUT2D eigenvalue weighted by atomic mass is 79.9. The van der Waals surface area contributed by atoms with Crippen LogP contribution in [0.2, 0.25) is 0 Å². The van der Waals surface area contributed by atoms with Crippen LogP contribution in [0.1, 0.15) is 5.56 Å². The Labute approximate surface area is 123 Å². The molecule has 0 radical (unpaired) electrons. The SMILES string of the molecule is N#Cc1ccc(-n2nnc(-c3ccccc3)n2)c(Br)c1. The van der Waals surface area contributed by atoms with Gasteiger partial charge in [0.25, 0.3) is 0 Å². The molecule has 20 heavy (non-hydrogen) atoms. The van der Waals surface area contributed by atoms with Gasteiger partial charge in [0, 0.05) is 10.0 Å². The first-order valence-electron chi connectivity index (χ1n) is 5.83. The molecular formula is C14H8BrN5. The second-order valence-electron chi connectivity index (χ2n) is 4.05. The molecule has 3 aromatic rings. The van der Waals surface area contributed by atoms with Crippen LogP contribution in [0.5, 0.6) is 0 Å². The van der Waals surface area contributed by atoms with E-state index in [2.05, 4.69) is 37.4 Å². The molecule has 0 spiro atoms. The van der Waals surface area contributed by atoms with Crippen molar-refractivity contribution in [2.24, 2.45) is 0 Å². The minimum atomic E-state index is 0.557. The fourth-order valence-corrected chi connectivity index (χ4v) is 2.30. The average Bonchev–Trinajstić information content (AvgIpc) is 2.97. The number of hydrogen-bond acceptors (Lipinski definition) is 4. The third-order valence-electron chi connectivity index (χ3n) is 2.74. The molecule has 5 nitrogen and oxygen atoms in total. The number of rotatable bonds is 2. The minimum absolute atomic E-state index is 0.557. The van der Waals surface area contributed by atoms with Crippen molar-refractivity contribution >= 4 is 15.9 Å². The number of aromatic nitrogens is 4. The van der Waals surface area contributed by atoms with Gasteiger partial charge in [-0.15, -0.1) is 15.0 Å². The van der Waals surface area contributed by atoms with E-state index in [4.69, 9.17) is 5.26 Å². The molecule has 6 heteroatoms. The van der Waals surface area contributed by atoms with Gasteiger partial charge < -0.3 is 0 Å². The molecule has 1 heterocycles. The number of benzene rings is 2. The average molecular weight is 326 g/mol. The second kappa shape index (κ2) is 5.23. The predicted octanol–water partition coefficient (Wildman–Crippen LogP) is 2.96. The summed E-state index contributed by atoms with van der Waals surface area (Å²) in [6, 6.07) is 16.9. The zero-order chi connectivity index (χ0) is 13.9. The van der Waals surface area contributed by atoms with Crippen LogP contribution in [0.4, 0.5) is 0 Å². The van der Waals surface area contributed by atoms with E-state index < -0.39 is 0 Å². The Kier molecular flexibility index (Phi) is 3.27. The van der Waals surface area contributed by atoms with E-state index >= 15 is 0 Å². The van der Waals surface area contributed by atoms with Crippen molar-refractivity contribution in [2.45, 2.75) is 0 Å². The van der Waals surface area contributed by atoms with Gasteiger partial charge in [-0.1, -0.05) is 30.3 Å². The first-order chi connectivity index (χ1) is 9.78. The molecule has 0 saturated carbocycles. The number of hydrogen-bond donors (Lipinski definition) is 0. The molecule has 1 aromatic heterocycles. The fraction of sp³-hybridized carbons (Fsp3) is 0. The summed E-state index contributed by atoms with van der Waals surface area (Å²) in [5, 5.41) is 21.3. The highest BCUT2D eigenvalue weighted by molar-refractivity contribution is 9.10. The van der Waals surface area contributed by atoms with E-state index in [0.717, 1.165) is 15.7 Å². The van der Waals surface area contributed by atoms with Gasteiger partial charge >= 0.3 is 0 Å². The van der Waals surface area contributed by atoms with Crippen molar-refractivity contribution in [1.82, 2.24) is 20.2 Å². The summed E-state index contributed by atoms with van der Waals surface area (Å²) in [5.41, 5.74) is 2.21. The van der Waals surface area contributed by atoms with E-state index in [1.165, 1.54) is 4.80 Å². The molecule has 0 aliphatic rings. The molecule has 0 fully saturated rings. The summed E-state index contributed by atoms with van der Waals surface area (Å²) >= 11 is 3.41. The van der Waals surface area contributed by atoms with Gasteiger partial charge in [0.15, 0.2) is 0 Å². The first kappa shape index (κ1) is 12.5. The van der Waals surface area contributed by atoms with Crippen LogP contribution in [0, 0.1) is 11.3 Å². The summed E-state index contributed by atoms with van der Waals surface area (Å²) in [6.07, 6.45) is 0. The van der Waals surface area contributed by atoms with Crippen molar-refractivity contribution in [2.75, 3.05) is 0 Å². The molecule has 0 amide bonds. The molecule has 0 N–H and O–H groups in total. The van der Waals surface area contributed by atoms with Crippen molar-refractivity contribution in [1.29, 1.82) is 5.26 Å². The maximum absolute atomic E-state index is 8.86. The summed E-state index contributed by atoms with van der Waals surface area (Å²) < 4.78 is 0.744. The molecule has 0 saturated heterocycles. The topological polar surface area (TPSA) is 67.4 Å². The van der Waals surface area contributed by atoms with Crippen LogP contribution in [0.25, 0.3) is 17.1 Å². The van der Waals surface area contributed by atoms with Gasteiger partial charge in [-0.25, -0.2) is 0 Å². The Bertz CT molecular complexity index is 789. The monoisotopic (exact) mass is 325 g/mol. The van der Waals surface area contributed by atoms with Crippen LogP contribution >= 0.6 is 15.9 Å². The van der Waals surface area contributed by atoms with Crippen molar-refractivity contribution in [3.63, 3.8) is 0 Å². The third kappa shape index (κ3) is 2.31. The molecule has 0 atom stereocenters. The van der Waals surface area contributed by atoms with Crippen LogP contribution in [0.15, 0.2) is 53.0 Å². The molecule has 96 valence electrons. The molecule has 0 bridgehead atoms. The molecular weight excluding hydrogens is 318 g/mol. The molecule has 0 aliphatic carbocycles. The smallest absolute Gasteiger partial charge is 0.192 e. The van der Waals surface area contributed by atoms with E-state index in [1.54, 1.807) is 18.2 Å².